The van der Waals surface area contributed by atoms with Crippen molar-refractivity contribution in [1.82, 2.24) is 10.3 Å². The molecule has 1 aromatic rings. The van der Waals surface area contributed by atoms with Crippen LogP contribution in [0.1, 0.15) is 30.6 Å². The van der Waals surface area contributed by atoms with E-state index >= 15 is 0 Å². The van der Waals surface area contributed by atoms with E-state index in [2.05, 4.69) is 21.3 Å². The standard InChI is InChI=1S/C13H17ClN4S/c14-12-11(7-15)19-13(17-12)18(10-1-2-10)8-9-3-5-16-6-4-9/h9-10,16H,1-6,8H2. The summed E-state index contributed by atoms with van der Waals surface area (Å²) in [5.74, 6) is 0.732. The smallest absolute Gasteiger partial charge is 0.188 e. The normalized spacial score (nSPS) is 20.2. The van der Waals surface area contributed by atoms with E-state index in [0.717, 1.165) is 30.7 Å². The largest absolute Gasteiger partial charge is 0.345 e. The summed E-state index contributed by atoms with van der Waals surface area (Å²) in [7, 11) is 0. The minimum absolute atomic E-state index is 0.360. The number of piperidine rings is 1. The Morgan fingerprint density at radius 2 is 2.11 bits per heavy atom. The van der Waals surface area contributed by atoms with Gasteiger partial charge in [0.2, 0.25) is 0 Å². The van der Waals surface area contributed by atoms with Crippen molar-refractivity contribution >= 4 is 28.1 Å². The molecule has 0 aromatic carbocycles. The van der Waals surface area contributed by atoms with Gasteiger partial charge >= 0.3 is 0 Å². The molecule has 19 heavy (non-hydrogen) atoms. The molecule has 1 aromatic heterocycles. The highest BCUT2D eigenvalue weighted by molar-refractivity contribution is 7.16. The van der Waals surface area contributed by atoms with Crippen LogP contribution in [0.4, 0.5) is 5.13 Å². The first-order chi connectivity index (χ1) is 9.28. The fraction of sp³-hybridized carbons (Fsp3) is 0.692. The van der Waals surface area contributed by atoms with Gasteiger partial charge in [-0.25, -0.2) is 4.98 Å². The summed E-state index contributed by atoms with van der Waals surface area (Å²) in [6, 6.07) is 2.74. The molecule has 0 amide bonds. The molecule has 102 valence electrons. The lowest BCUT2D eigenvalue weighted by Crippen LogP contribution is -2.37. The lowest BCUT2D eigenvalue weighted by molar-refractivity contribution is 0.372. The Balaban J connectivity index is 1.74. The van der Waals surface area contributed by atoms with Gasteiger partial charge in [-0.1, -0.05) is 22.9 Å². The van der Waals surface area contributed by atoms with Crippen LogP contribution < -0.4 is 10.2 Å². The van der Waals surface area contributed by atoms with Crippen molar-refractivity contribution in [2.75, 3.05) is 24.5 Å². The van der Waals surface area contributed by atoms with Crippen LogP contribution in [0.5, 0.6) is 0 Å². The number of anilines is 1. The number of hydrogen-bond donors (Lipinski definition) is 1. The summed E-state index contributed by atoms with van der Waals surface area (Å²) < 4.78 is 0. The molecular weight excluding hydrogens is 280 g/mol. The zero-order valence-corrected chi connectivity index (χ0v) is 12.3. The Bertz CT molecular complexity index is 485. The van der Waals surface area contributed by atoms with Crippen LogP contribution in [0.15, 0.2) is 0 Å². The van der Waals surface area contributed by atoms with Crippen LogP contribution >= 0.6 is 22.9 Å². The number of hydrogen-bond acceptors (Lipinski definition) is 5. The summed E-state index contributed by atoms with van der Waals surface area (Å²) in [6.45, 7) is 3.29. The number of aromatic nitrogens is 1. The van der Waals surface area contributed by atoms with Crippen LogP contribution in [-0.4, -0.2) is 30.7 Å². The molecule has 1 N–H and O–H groups in total. The van der Waals surface area contributed by atoms with Crippen LogP contribution in [0.3, 0.4) is 0 Å². The molecule has 2 aliphatic rings. The third-order valence-electron chi connectivity index (χ3n) is 3.82. The van der Waals surface area contributed by atoms with Gasteiger partial charge in [0.25, 0.3) is 0 Å². The van der Waals surface area contributed by atoms with Gasteiger partial charge in [-0.05, 0) is 44.7 Å². The topological polar surface area (TPSA) is 52.0 Å². The third kappa shape index (κ3) is 3.02. The highest BCUT2D eigenvalue weighted by Crippen LogP contribution is 2.37. The van der Waals surface area contributed by atoms with Crippen LogP contribution in [-0.2, 0) is 0 Å². The summed E-state index contributed by atoms with van der Waals surface area (Å²) in [5, 5.41) is 13.7. The average Bonchev–Trinajstić information content (AvgIpc) is 3.20. The van der Waals surface area contributed by atoms with Crippen molar-refractivity contribution in [3.8, 4) is 6.07 Å². The molecule has 6 heteroatoms. The van der Waals surface area contributed by atoms with Gasteiger partial charge in [-0.2, -0.15) is 5.26 Å². The Hall–Kier alpha value is -0.830. The summed E-state index contributed by atoms with van der Waals surface area (Å²) in [5.41, 5.74) is 0. The van der Waals surface area contributed by atoms with E-state index < -0.39 is 0 Å². The van der Waals surface area contributed by atoms with Gasteiger partial charge in [-0.15, -0.1) is 0 Å². The molecule has 0 radical (unpaired) electrons. The maximum atomic E-state index is 9.00. The zero-order valence-electron chi connectivity index (χ0n) is 10.7. The monoisotopic (exact) mass is 296 g/mol. The highest BCUT2D eigenvalue weighted by atomic mass is 35.5. The van der Waals surface area contributed by atoms with E-state index in [4.69, 9.17) is 16.9 Å². The van der Waals surface area contributed by atoms with Gasteiger partial charge in [0, 0.05) is 12.6 Å². The van der Waals surface area contributed by atoms with Crippen LogP contribution in [0.2, 0.25) is 5.15 Å². The van der Waals surface area contributed by atoms with Crippen molar-refractivity contribution in [3.63, 3.8) is 0 Å². The van der Waals surface area contributed by atoms with Crippen LogP contribution in [0, 0.1) is 17.2 Å². The number of halogens is 1. The molecule has 0 unspecified atom stereocenters. The fourth-order valence-electron chi connectivity index (χ4n) is 2.59. The predicted octanol–water partition coefficient (Wildman–Crippen LogP) is 2.64. The molecule has 2 heterocycles. The number of nitrogens with zero attached hydrogens (tertiary/aromatic N) is 3. The molecule has 0 atom stereocenters. The number of thiazole rings is 1. The van der Waals surface area contributed by atoms with Crippen molar-refractivity contribution < 1.29 is 0 Å². The van der Waals surface area contributed by atoms with E-state index in [0.29, 0.717) is 16.1 Å². The van der Waals surface area contributed by atoms with Crippen molar-refractivity contribution in [1.29, 1.82) is 5.26 Å². The lowest BCUT2D eigenvalue weighted by atomic mass is 9.97. The molecule has 1 saturated heterocycles. The second-order valence-corrected chi connectivity index (χ2v) is 6.64. The Morgan fingerprint density at radius 1 is 1.37 bits per heavy atom. The van der Waals surface area contributed by atoms with E-state index in [9.17, 15) is 0 Å². The average molecular weight is 297 g/mol. The molecule has 4 nitrogen and oxygen atoms in total. The molecule has 0 spiro atoms. The van der Waals surface area contributed by atoms with Crippen molar-refractivity contribution in [2.45, 2.75) is 31.7 Å². The van der Waals surface area contributed by atoms with Gasteiger partial charge in [0.15, 0.2) is 10.3 Å². The first-order valence-electron chi connectivity index (χ1n) is 6.81. The molecule has 3 rings (SSSR count). The maximum Gasteiger partial charge on any atom is 0.188 e. The SMILES string of the molecule is N#Cc1sc(N(CC2CCNCC2)C2CC2)nc1Cl. The van der Waals surface area contributed by atoms with E-state index in [-0.39, 0.29) is 0 Å². The van der Waals surface area contributed by atoms with Crippen LogP contribution in [0.25, 0.3) is 0 Å². The first-order valence-corrected chi connectivity index (χ1v) is 8.01. The van der Waals surface area contributed by atoms with E-state index in [1.54, 1.807) is 0 Å². The maximum absolute atomic E-state index is 9.00. The Kier molecular flexibility index (Phi) is 3.92. The summed E-state index contributed by atoms with van der Waals surface area (Å²) in [4.78, 5) is 7.30. The Morgan fingerprint density at radius 3 is 2.68 bits per heavy atom. The fourth-order valence-corrected chi connectivity index (χ4v) is 3.72. The molecule has 0 bridgehead atoms. The van der Waals surface area contributed by atoms with Crippen molar-refractivity contribution in [3.05, 3.63) is 10.0 Å². The number of rotatable bonds is 4. The second-order valence-electron chi connectivity index (χ2n) is 5.31. The van der Waals surface area contributed by atoms with Gasteiger partial charge < -0.3 is 10.2 Å². The van der Waals surface area contributed by atoms with E-state index in [1.165, 1.54) is 37.0 Å². The molecule has 1 saturated carbocycles. The number of nitriles is 1. The predicted molar refractivity (Wildman–Crippen MR) is 77.8 cm³/mol. The van der Waals surface area contributed by atoms with Gasteiger partial charge in [-0.3, -0.25) is 0 Å². The zero-order chi connectivity index (χ0) is 13.2. The van der Waals surface area contributed by atoms with Crippen molar-refractivity contribution in [2.24, 2.45) is 5.92 Å². The molecular formula is C13H17ClN4S. The summed E-state index contributed by atoms with van der Waals surface area (Å²) >= 11 is 7.43. The van der Waals surface area contributed by atoms with Gasteiger partial charge in [0.1, 0.15) is 10.9 Å². The number of nitrogens with one attached hydrogen (secondary N) is 1. The quantitative estimate of drug-likeness (QED) is 0.928. The minimum atomic E-state index is 0.360. The van der Waals surface area contributed by atoms with Gasteiger partial charge in [0.05, 0.1) is 0 Å². The molecule has 1 aliphatic heterocycles. The minimum Gasteiger partial charge on any atom is -0.345 e. The van der Waals surface area contributed by atoms with E-state index in [1.807, 2.05) is 0 Å². The highest BCUT2D eigenvalue weighted by Gasteiger charge is 2.33. The first kappa shape index (κ1) is 13.2. The second kappa shape index (κ2) is 5.66. The Labute approximate surface area is 122 Å². The third-order valence-corrected chi connectivity index (χ3v) is 5.21. The lowest BCUT2D eigenvalue weighted by Gasteiger charge is -2.30. The summed E-state index contributed by atoms with van der Waals surface area (Å²) in [6.07, 6.45) is 4.94. The molecule has 1 aliphatic carbocycles. The molecule has 2 fully saturated rings.